The van der Waals surface area contributed by atoms with Gasteiger partial charge in [-0.05, 0) is 12.6 Å². The number of allylic oxidation sites excluding steroid dienone is 1. The highest BCUT2D eigenvalue weighted by Crippen LogP contribution is 1.88. The van der Waals surface area contributed by atoms with Crippen LogP contribution in [0.2, 0.25) is 6.55 Å². The van der Waals surface area contributed by atoms with Crippen LogP contribution in [-0.2, 0) is 4.43 Å². The molecular weight excluding hydrogens is 104 g/mol. The van der Waals surface area contributed by atoms with Crippen molar-refractivity contribution in [2.45, 2.75) is 6.55 Å². The molecule has 0 aliphatic carbocycles. The van der Waals surface area contributed by atoms with Gasteiger partial charge in [0.05, 0.1) is 5.76 Å². The van der Waals surface area contributed by atoms with Crippen molar-refractivity contribution in [2.24, 2.45) is 0 Å². The topological polar surface area (TPSA) is 9.23 Å². The van der Waals surface area contributed by atoms with E-state index in [9.17, 15) is 0 Å². The summed E-state index contributed by atoms with van der Waals surface area (Å²) in [5.41, 5.74) is 0. The van der Waals surface area contributed by atoms with E-state index in [2.05, 4.69) is 13.2 Å². The molecule has 0 aliphatic heterocycles. The molecule has 0 aliphatic rings. The molecule has 38 valence electrons. The van der Waals surface area contributed by atoms with Crippen molar-refractivity contribution >= 4 is 9.76 Å². The first-order valence-corrected chi connectivity index (χ1v) is 3.37. The third-order valence-corrected chi connectivity index (χ3v) is 0.927. The van der Waals surface area contributed by atoms with E-state index in [4.69, 9.17) is 4.43 Å². The van der Waals surface area contributed by atoms with Crippen LogP contribution < -0.4 is 0 Å². The summed E-state index contributed by atoms with van der Waals surface area (Å²) in [6.07, 6.45) is 1.59. The Bertz CT molecular complexity index is 78.1. The third kappa shape index (κ3) is 3.32. The van der Waals surface area contributed by atoms with Gasteiger partial charge in [-0.15, -0.1) is 0 Å². The summed E-state index contributed by atoms with van der Waals surface area (Å²) in [4.78, 5) is 0. The summed E-state index contributed by atoms with van der Waals surface area (Å²) in [5, 5.41) is 0. The maximum Gasteiger partial charge on any atom is 0.307 e. The van der Waals surface area contributed by atoms with Crippen LogP contribution in [0, 0.1) is 0 Å². The van der Waals surface area contributed by atoms with Gasteiger partial charge < -0.3 is 4.43 Å². The van der Waals surface area contributed by atoms with Crippen molar-refractivity contribution in [3.8, 4) is 0 Å². The molecule has 0 saturated carbocycles. The molecule has 0 bridgehead atoms. The van der Waals surface area contributed by atoms with Crippen LogP contribution in [0.4, 0.5) is 0 Å². The first-order valence-electron chi connectivity index (χ1n) is 1.96. The average molecular weight is 112 g/mol. The Morgan fingerprint density at radius 3 is 2.57 bits per heavy atom. The minimum absolute atomic E-state index is 0.474. The van der Waals surface area contributed by atoms with Crippen molar-refractivity contribution in [3.63, 3.8) is 0 Å². The molecule has 0 atom stereocenters. The van der Waals surface area contributed by atoms with E-state index in [0.29, 0.717) is 15.5 Å². The molecule has 2 radical (unpaired) electrons. The molecule has 0 saturated heterocycles. The fraction of sp³-hybridized carbons (Fsp3) is 0.200. The fourth-order valence-electron chi connectivity index (χ4n) is 0.173. The van der Waals surface area contributed by atoms with E-state index >= 15 is 0 Å². The molecule has 0 rings (SSSR count). The van der Waals surface area contributed by atoms with Gasteiger partial charge in [0, 0.05) is 0 Å². The maximum atomic E-state index is 4.91. The second kappa shape index (κ2) is 3.68. The van der Waals surface area contributed by atoms with E-state index < -0.39 is 0 Å². The summed E-state index contributed by atoms with van der Waals surface area (Å²) in [7, 11) is 0.474. The van der Waals surface area contributed by atoms with Gasteiger partial charge >= 0.3 is 9.76 Å². The maximum absolute atomic E-state index is 4.91. The van der Waals surface area contributed by atoms with Crippen molar-refractivity contribution in [1.82, 2.24) is 0 Å². The quantitative estimate of drug-likeness (QED) is 0.304. The SMILES string of the molecule is C=CC(=C)O[Si]C. The minimum Gasteiger partial charge on any atom is -0.542 e. The van der Waals surface area contributed by atoms with Crippen molar-refractivity contribution in [2.75, 3.05) is 0 Å². The highest BCUT2D eigenvalue weighted by Gasteiger charge is 1.80. The van der Waals surface area contributed by atoms with E-state index in [1.165, 1.54) is 0 Å². The predicted octanol–water partition coefficient (Wildman–Crippen LogP) is 1.37. The first kappa shape index (κ1) is 6.50. The Kier molecular flexibility index (Phi) is 3.41. The Balaban J connectivity index is 3.17. The summed E-state index contributed by atoms with van der Waals surface area (Å²) in [6.45, 7) is 8.93. The highest BCUT2D eigenvalue weighted by molar-refractivity contribution is 6.25. The molecule has 0 aromatic carbocycles. The first-order chi connectivity index (χ1) is 3.31. The second-order valence-electron chi connectivity index (χ2n) is 0.977. The number of hydrogen-bond donors (Lipinski definition) is 0. The van der Waals surface area contributed by atoms with E-state index in [-0.39, 0.29) is 0 Å². The fourth-order valence-corrected chi connectivity index (χ4v) is 0.518. The predicted molar refractivity (Wildman–Crippen MR) is 32.0 cm³/mol. The largest absolute Gasteiger partial charge is 0.542 e. The zero-order chi connectivity index (χ0) is 5.70. The van der Waals surface area contributed by atoms with E-state index in [1.807, 2.05) is 6.55 Å². The van der Waals surface area contributed by atoms with Gasteiger partial charge in [-0.3, -0.25) is 0 Å². The van der Waals surface area contributed by atoms with Crippen LogP contribution in [0.3, 0.4) is 0 Å². The van der Waals surface area contributed by atoms with Crippen LogP contribution >= 0.6 is 0 Å². The summed E-state index contributed by atoms with van der Waals surface area (Å²) in [5.74, 6) is 0.654. The van der Waals surface area contributed by atoms with Crippen molar-refractivity contribution in [3.05, 3.63) is 25.0 Å². The van der Waals surface area contributed by atoms with Gasteiger partial charge in [0.1, 0.15) is 0 Å². The number of hydrogen-bond acceptors (Lipinski definition) is 1. The summed E-state index contributed by atoms with van der Waals surface area (Å²) in [6, 6.07) is 0. The van der Waals surface area contributed by atoms with Crippen LogP contribution in [0.25, 0.3) is 0 Å². The molecule has 0 unspecified atom stereocenters. The van der Waals surface area contributed by atoms with Crippen LogP contribution in [0.5, 0.6) is 0 Å². The summed E-state index contributed by atoms with van der Waals surface area (Å²) >= 11 is 0. The second-order valence-corrected chi connectivity index (χ2v) is 1.59. The van der Waals surface area contributed by atoms with Crippen LogP contribution in [-0.4, -0.2) is 9.76 Å². The molecule has 0 aromatic heterocycles. The standard InChI is InChI=1S/C5H8OSi/c1-4-5(2)6-7-3/h4H,1-2H2,3H3. The molecule has 0 aromatic rings. The zero-order valence-corrected chi connectivity index (χ0v) is 5.40. The Hall–Kier alpha value is -0.503. The molecule has 1 nitrogen and oxygen atoms in total. The molecule has 7 heavy (non-hydrogen) atoms. The lowest BCUT2D eigenvalue weighted by Crippen LogP contribution is -1.87. The van der Waals surface area contributed by atoms with Crippen molar-refractivity contribution < 1.29 is 4.43 Å². The molecule has 0 fully saturated rings. The number of rotatable bonds is 3. The average Bonchev–Trinajstić information content (AvgIpc) is 1.68. The van der Waals surface area contributed by atoms with Gasteiger partial charge in [-0.1, -0.05) is 13.2 Å². The van der Waals surface area contributed by atoms with Gasteiger partial charge in [0.15, 0.2) is 0 Å². The molecule has 2 heteroatoms. The van der Waals surface area contributed by atoms with Crippen molar-refractivity contribution in [1.29, 1.82) is 0 Å². The molecule has 0 spiro atoms. The lowest BCUT2D eigenvalue weighted by molar-refractivity contribution is 0.481. The van der Waals surface area contributed by atoms with Gasteiger partial charge in [-0.2, -0.15) is 0 Å². The van der Waals surface area contributed by atoms with E-state index in [1.54, 1.807) is 6.08 Å². The molecule has 0 heterocycles. The molecule has 0 N–H and O–H groups in total. The van der Waals surface area contributed by atoms with Gasteiger partial charge in [-0.25, -0.2) is 0 Å². The van der Waals surface area contributed by atoms with Gasteiger partial charge in [0.2, 0.25) is 0 Å². The normalized spacial score (nSPS) is 7.57. The lowest BCUT2D eigenvalue weighted by atomic mass is 10.6. The minimum atomic E-state index is 0.474. The Morgan fingerprint density at radius 1 is 1.86 bits per heavy atom. The van der Waals surface area contributed by atoms with Crippen LogP contribution in [0.1, 0.15) is 0 Å². The Morgan fingerprint density at radius 2 is 2.43 bits per heavy atom. The Labute approximate surface area is 46.6 Å². The molecule has 0 amide bonds. The zero-order valence-electron chi connectivity index (χ0n) is 4.40. The lowest BCUT2D eigenvalue weighted by Gasteiger charge is -1.96. The van der Waals surface area contributed by atoms with Gasteiger partial charge in [0.25, 0.3) is 0 Å². The van der Waals surface area contributed by atoms with E-state index in [0.717, 1.165) is 0 Å². The molecular formula is C5H8OSi. The summed E-state index contributed by atoms with van der Waals surface area (Å²) < 4.78 is 4.91. The van der Waals surface area contributed by atoms with Crippen LogP contribution in [0.15, 0.2) is 25.0 Å². The monoisotopic (exact) mass is 112 g/mol. The third-order valence-electron chi connectivity index (χ3n) is 0.461. The smallest absolute Gasteiger partial charge is 0.307 e. The highest BCUT2D eigenvalue weighted by atomic mass is 28.2.